The van der Waals surface area contributed by atoms with Gasteiger partial charge in [0.25, 0.3) is 0 Å². The van der Waals surface area contributed by atoms with Crippen molar-refractivity contribution in [3.63, 3.8) is 0 Å². The van der Waals surface area contributed by atoms with Crippen LogP contribution in [0.3, 0.4) is 0 Å². The molecule has 2 aromatic carbocycles. The highest BCUT2D eigenvalue weighted by Crippen LogP contribution is 2.35. The number of ketones is 1. The lowest BCUT2D eigenvalue weighted by Crippen LogP contribution is -2.42. The number of hydrogen-bond acceptors (Lipinski definition) is 4. The van der Waals surface area contributed by atoms with Crippen molar-refractivity contribution in [3.8, 4) is 0 Å². The molecule has 1 aliphatic heterocycles. The normalized spacial score (nSPS) is 19.3. The largest absolute Gasteiger partial charge is 0.504 e. The van der Waals surface area contributed by atoms with Crippen molar-refractivity contribution in [3.05, 3.63) is 83.1 Å². The molecule has 3 atom stereocenters. The van der Waals surface area contributed by atoms with E-state index in [1.54, 1.807) is 0 Å². The molecule has 1 aliphatic rings. The fraction of sp³-hybridized carbons (Fsp3) is 0.333. The van der Waals surface area contributed by atoms with Crippen molar-refractivity contribution >= 4 is 11.8 Å². The van der Waals surface area contributed by atoms with Crippen LogP contribution in [0, 0.1) is 5.92 Å². The van der Waals surface area contributed by atoms with E-state index in [1.807, 2.05) is 74.5 Å². The number of hydrogen-bond donors (Lipinski definition) is 1. The summed E-state index contributed by atoms with van der Waals surface area (Å²) in [5.41, 5.74) is 2.03. The highest BCUT2D eigenvalue weighted by molar-refractivity contribution is 6.09. The summed E-state index contributed by atoms with van der Waals surface area (Å²) >= 11 is 0. The predicted molar refractivity (Wildman–Crippen MR) is 108 cm³/mol. The van der Waals surface area contributed by atoms with Gasteiger partial charge >= 0.3 is 5.97 Å². The first-order chi connectivity index (χ1) is 13.6. The number of ether oxygens (including phenoxy) is 1. The molecule has 0 aliphatic carbocycles. The number of carbonyl (C=O) groups is 2. The Bertz CT molecular complexity index is 855. The van der Waals surface area contributed by atoms with E-state index in [1.165, 1.54) is 0 Å². The van der Waals surface area contributed by atoms with E-state index >= 15 is 0 Å². The third kappa shape index (κ3) is 4.01. The third-order valence-corrected chi connectivity index (χ3v) is 5.45. The monoisotopic (exact) mass is 378 g/mol. The number of cyclic esters (lactones) is 1. The highest BCUT2D eigenvalue weighted by atomic mass is 16.6. The van der Waals surface area contributed by atoms with Crippen molar-refractivity contribution < 1.29 is 19.4 Å². The van der Waals surface area contributed by atoms with E-state index < -0.39 is 23.6 Å². The molecule has 1 unspecified atom stereocenters. The lowest BCUT2D eigenvalue weighted by atomic mass is 9.82. The van der Waals surface area contributed by atoms with Gasteiger partial charge in [-0.25, -0.2) is 4.79 Å². The van der Waals surface area contributed by atoms with E-state index in [-0.39, 0.29) is 17.4 Å². The SMILES string of the molecule is CC[C@@H](Cc1ccccc1)C1OC(=O)C([C@H](CC)c2ccccc2)=C(O)C1=O. The summed E-state index contributed by atoms with van der Waals surface area (Å²) in [5, 5.41) is 10.7. The van der Waals surface area contributed by atoms with Gasteiger partial charge in [0.2, 0.25) is 5.78 Å². The van der Waals surface area contributed by atoms with Crippen LogP contribution in [-0.2, 0) is 20.7 Å². The van der Waals surface area contributed by atoms with Crippen LogP contribution in [0.15, 0.2) is 72.0 Å². The van der Waals surface area contributed by atoms with Gasteiger partial charge in [0.15, 0.2) is 11.9 Å². The predicted octanol–water partition coefficient (Wildman–Crippen LogP) is 4.76. The number of aliphatic hydroxyl groups is 1. The van der Waals surface area contributed by atoms with Gasteiger partial charge in [0.1, 0.15) is 0 Å². The fourth-order valence-electron chi connectivity index (χ4n) is 3.89. The number of benzene rings is 2. The summed E-state index contributed by atoms with van der Waals surface area (Å²) in [5.74, 6) is -2.08. The molecule has 1 N–H and O–H groups in total. The van der Waals surface area contributed by atoms with E-state index in [0.717, 1.165) is 11.1 Å². The van der Waals surface area contributed by atoms with E-state index in [4.69, 9.17) is 4.74 Å². The molecule has 2 aromatic rings. The molecule has 1 heterocycles. The zero-order valence-electron chi connectivity index (χ0n) is 16.3. The van der Waals surface area contributed by atoms with Crippen molar-refractivity contribution in [2.75, 3.05) is 0 Å². The van der Waals surface area contributed by atoms with Crippen LogP contribution in [0.4, 0.5) is 0 Å². The molecule has 0 radical (unpaired) electrons. The van der Waals surface area contributed by atoms with E-state index in [2.05, 4.69) is 0 Å². The summed E-state index contributed by atoms with van der Waals surface area (Å²) in [6.45, 7) is 3.88. The lowest BCUT2D eigenvalue weighted by Gasteiger charge is -2.31. The highest BCUT2D eigenvalue weighted by Gasteiger charge is 2.42. The number of esters is 1. The third-order valence-electron chi connectivity index (χ3n) is 5.45. The molecule has 0 saturated carbocycles. The Morgan fingerprint density at radius 1 is 0.929 bits per heavy atom. The Labute approximate surface area is 165 Å². The Morgan fingerprint density at radius 3 is 2.11 bits per heavy atom. The van der Waals surface area contributed by atoms with Crippen molar-refractivity contribution in [2.24, 2.45) is 5.92 Å². The Kier molecular flexibility index (Phi) is 6.30. The van der Waals surface area contributed by atoms with Gasteiger partial charge in [-0.3, -0.25) is 4.79 Å². The Balaban J connectivity index is 1.90. The maximum atomic E-state index is 12.9. The van der Waals surface area contributed by atoms with Crippen LogP contribution < -0.4 is 0 Å². The summed E-state index contributed by atoms with van der Waals surface area (Å²) in [6.07, 6.45) is 0.906. The van der Waals surface area contributed by atoms with Gasteiger partial charge in [-0.1, -0.05) is 74.5 Å². The summed E-state index contributed by atoms with van der Waals surface area (Å²) in [4.78, 5) is 25.8. The minimum absolute atomic E-state index is 0.0736. The lowest BCUT2D eigenvalue weighted by molar-refractivity contribution is -0.158. The smallest absolute Gasteiger partial charge is 0.339 e. The van der Waals surface area contributed by atoms with Crippen LogP contribution in [-0.4, -0.2) is 23.0 Å². The van der Waals surface area contributed by atoms with Crippen molar-refractivity contribution in [2.45, 2.75) is 45.1 Å². The average molecular weight is 378 g/mol. The van der Waals surface area contributed by atoms with Gasteiger partial charge in [0.05, 0.1) is 5.57 Å². The van der Waals surface area contributed by atoms with E-state index in [9.17, 15) is 14.7 Å². The van der Waals surface area contributed by atoms with Gasteiger partial charge in [-0.2, -0.15) is 0 Å². The number of rotatable bonds is 7. The molecular weight excluding hydrogens is 352 g/mol. The average Bonchev–Trinajstić information content (AvgIpc) is 2.73. The topological polar surface area (TPSA) is 63.6 Å². The number of carbonyl (C=O) groups excluding carboxylic acids is 2. The van der Waals surface area contributed by atoms with Crippen LogP contribution in [0.2, 0.25) is 0 Å². The first kappa shape index (κ1) is 19.9. The molecule has 3 rings (SSSR count). The molecular formula is C24H26O4. The molecule has 0 aromatic heterocycles. The Morgan fingerprint density at radius 2 is 1.54 bits per heavy atom. The fourth-order valence-corrected chi connectivity index (χ4v) is 3.89. The first-order valence-corrected chi connectivity index (χ1v) is 9.83. The van der Waals surface area contributed by atoms with Gasteiger partial charge in [-0.05, 0) is 30.4 Å². The molecule has 0 bridgehead atoms. The van der Waals surface area contributed by atoms with Crippen molar-refractivity contribution in [1.82, 2.24) is 0 Å². The standard InChI is InChI=1S/C24H26O4/c1-3-17(15-16-11-7-5-8-12-16)23-22(26)21(25)20(24(27)28-23)19(4-2)18-13-9-6-10-14-18/h5-14,17,19,23,25H,3-4,15H2,1-2H3/t17-,19+,23?/m0/s1. The number of aliphatic hydroxyl groups excluding tert-OH is 1. The maximum absolute atomic E-state index is 12.9. The van der Waals surface area contributed by atoms with Gasteiger partial charge in [0, 0.05) is 11.8 Å². The Hall–Kier alpha value is -2.88. The zero-order valence-corrected chi connectivity index (χ0v) is 16.3. The molecule has 28 heavy (non-hydrogen) atoms. The minimum atomic E-state index is -0.949. The second-order valence-electron chi connectivity index (χ2n) is 7.18. The molecule has 4 heteroatoms. The van der Waals surface area contributed by atoms with Crippen LogP contribution in [0.1, 0.15) is 43.7 Å². The van der Waals surface area contributed by atoms with Gasteiger partial charge in [-0.15, -0.1) is 0 Å². The molecule has 146 valence electrons. The maximum Gasteiger partial charge on any atom is 0.339 e. The summed E-state index contributed by atoms with van der Waals surface area (Å²) in [7, 11) is 0. The van der Waals surface area contributed by atoms with E-state index in [0.29, 0.717) is 19.3 Å². The van der Waals surface area contributed by atoms with Crippen LogP contribution in [0.25, 0.3) is 0 Å². The molecule has 4 nitrogen and oxygen atoms in total. The first-order valence-electron chi connectivity index (χ1n) is 9.83. The molecule has 0 fully saturated rings. The molecule has 0 spiro atoms. The number of Topliss-reactive ketones (excluding diaryl/α,β-unsaturated/α-hetero) is 1. The summed E-state index contributed by atoms with van der Waals surface area (Å²) < 4.78 is 5.60. The summed E-state index contributed by atoms with van der Waals surface area (Å²) in [6, 6.07) is 19.2. The van der Waals surface area contributed by atoms with Crippen molar-refractivity contribution in [1.29, 1.82) is 0 Å². The molecule has 0 amide bonds. The van der Waals surface area contributed by atoms with Crippen LogP contribution in [0.5, 0.6) is 0 Å². The van der Waals surface area contributed by atoms with Crippen LogP contribution >= 0.6 is 0 Å². The molecule has 0 saturated heterocycles. The minimum Gasteiger partial charge on any atom is -0.504 e. The second kappa shape index (κ2) is 8.87. The quantitative estimate of drug-likeness (QED) is 0.706. The zero-order chi connectivity index (χ0) is 20.1. The second-order valence-corrected chi connectivity index (χ2v) is 7.18. The van der Waals surface area contributed by atoms with Gasteiger partial charge < -0.3 is 9.84 Å².